The van der Waals surface area contributed by atoms with Gasteiger partial charge in [-0.25, -0.2) is 4.39 Å². The van der Waals surface area contributed by atoms with E-state index in [4.69, 9.17) is 17.2 Å². The highest BCUT2D eigenvalue weighted by Gasteiger charge is 2.15. The topological polar surface area (TPSA) is 78.1 Å². The first-order chi connectivity index (χ1) is 8.61. The van der Waals surface area contributed by atoms with Crippen LogP contribution in [0.3, 0.4) is 0 Å². The van der Waals surface area contributed by atoms with Crippen molar-refractivity contribution in [3.05, 3.63) is 53.6 Å². The third-order valence-electron chi connectivity index (χ3n) is 1.64. The molecule has 0 bridgehead atoms. The molecule has 0 saturated carbocycles. The molecule has 106 valence electrons. The molecule has 3 nitrogen and oxygen atoms in total. The molecule has 0 aromatic heterocycles. The zero-order valence-corrected chi connectivity index (χ0v) is 10.2. The first kappa shape index (κ1) is 16.8. The number of allylic oxidation sites excluding steroid dienone is 2. The van der Waals surface area contributed by atoms with E-state index in [1.165, 1.54) is 18.2 Å². The van der Waals surface area contributed by atoms with Crippen LogP contribution in [-0.2, 0) is 0 Å². The number of nitrogens with two attached hydrogens (primary N) is 3. The van der Waals surface area contributed by atoms with Crippen LogP contribution in [0.25, 0.3) is 5.70 Å². The predicted molar refractivity (Wildman–Crippen MR) is 66.8 cm³/mol. The molecule has 0 aliphatic carbocycles. The van der Waals surface area contributed by atoms with Crippen LogP contribution in [0, 0.1) is 5.82 Å². The number of benzene rings is 1. The Bertz CT molecular complexity index is 454. The van der Waals surface area contributed by atoms with Crippen LogP contribution in [0.5, 0.6) is 0 Å². The number of alkyl halides is 3. The fraction of sp³-hybridized carbons (Fsp3) is 0.167. The molecule has 0 saturated heterocycles. The van der Waals surface area contributed by atoms with Crippen molar-refractivity contribution in [2.24, 2.45) is 17.2 Å². The van der Waals surface area contributed by atoms with Crippen LogP contribution in [0.1, 0.15) is 12.5 Å². The van der Waals surface area contributed by atoms with Gasteiger partial charge in [-0.3, -0.25) is 0 Å². The Morgan fingerprint density at radius 2 is 1.53 bits per heavy atom. The Morgan fingerprint density at radius 1 is 1.05 bits per heavy atom. The van der Waals surface area contributed by atoms with Crippen LogP contribution >= 0.6 is 0 Å². The first-order valence-corrected chi connectivity index (χ1v) is 5.11. The molecule has 0 fully saturated rings. The Kier molecular flexibility index (Phi) is 6.46. The normalized spacial score (nSPS) is 11.3. The Labute approximate surface area is 108 Å². The van der Waals surface area contributed by atoms with E-state index in [0.29, 0.717) is 5.56 Å². The van der Waals surface area contributed by atoms with E-state index in [2.05, 4.69) is 0 Å². The van der Waals surface area contributed by atoms with Crippen molar-refractivity contribution in [3.63, 3.8) is 0 Å². The molecule has 0 aliphatic rings. The average Bonchev–Trinajstić information content (AvgIpc) is 2.24. The molecule has 0 unspecified atom stereocenters. The summed E-state index contributed by atoms with van der Waals surface area (Å²) in [6, 6.07) is 6.22. The average molecular weight is 277 g/mol. The summed E-state index contributed by atoms with van der Waals surface area (Å²) < 4.78 is 44.2. The third-order valence-corrected chi connectivity index (χ3v) is 1.64. The van der Waals surface area contributed by atoms with E-state index < -0.39 is 6.18 Å². The molecule has 0 aliphatic heterocycles. The summed E-state index contributed by atoms with van der Waals surface area (Å²) in [5, 5.41) is 0. The molecule has 1 aromatic carbocycles. The highest BCUT2D eigenvalue weighted by Crippen LogP contribution is 2.13. The lowest BCUT2D eigenvalue weighted by Crippen LogP contribution is -2.07. The second-order valence-corrected chi connectivity index (χ2v) is 3.55. The van der Waals surface area contributed by atoms with Crippen molar-refractivity contribution in [2.45, 2.75) is 13.1 Å². The van der Waals surface area contributed by atoms with E-state index in [-0.39, 0.29) is 24.3 Å². The molecular formula is C12H15F4N3. The van der Waals surface area contributed by atoms with E-state index in [1.54, 1.807) is 18.2 Å². The summed E-state index contributed by atoms with van der Waals surface area (Å²) in [6.07, 6.45) is -1.12. The summed E-state index contributed by atoms with van der Waals surface area (Å²) in [4.78, 5) is 0. The maximum absolute atomic E-state index is 13.2. The monoisotopic (exact) mass is 277 g/mol. The molecule has 6 N–H and O–H groups in total. The molecule has 7 heteroatoms. The lowest BCUT2D eigenvalue weighted by Gasteiger charge is -2.01. The van der Waals surface area contributed by atoms with Gasteiger partial charge in [-0.1, -0.05) is 12.1 Å². The minimum atomic E-state index is -4.00. The van der Waals surface area contributed by atoms with Crippen molar-refractivity contribution < 1.29 is 17.6 Å². The molecule has 0 amide bonds. The number of rotatable bonds is 2. The van der Waals surface area contributed by atoms with Crippen molar-refractivity contribution in [2.75, 3.05) is 0 Å². The number of hydrogen-bond donors (Lipinski definition) is 3. The fourth-order valence-electron chi connectivity index (χ4n) is 0.971. The van der Waals surface area contributed by atoms with Gasteiger partial charge in [0, 0.05) is 18.2 Å². The highest BCUT2D eigenvalue weighted by atomic mass is 19.4. The lowest BCUT2D eigenvalue weighted by molar-refractivity contribution is -0.110. The van der Waals surface area contributed by atoms with Gasteiger partial charge in [0.2, 0.25) is 0 Å². The second-order valence-electron chi connectivity index (χ2n) is 3.55. The number of halogens is 4. The summed E-state index contributed by atoms with van der Waals surface area (Å²) in [7, 11) is 0. The van der Waals surface area contributed by atoms with Crippen LogP contribution in [0.2, 0.25) is 0 Å². The molecule has 19 heavy (non-hydrogen) atoms. The van der Waals surface area contributed by atoms with Gasteiger partial charge in [0.25, 0.3) is 0 Å². The summed E-state index contributed by atoms with van der Waals surface area (Å²) in [5.41, 5.74) is 16.6. The van der Waals surface area contributed by atoms with E-state index in [9.17, 15) is 17.6 Å². The fourth-order valence-corrected chi connectivity index (χ4v) is 0.971. The molecule has 0 atom stereocenters. The summed E-state index contributed by atoms with van der Waals surface area (Å²) in [5.74, 6) is -0.241. The van der Waals surface area contributed by atoms with E-state index >= 15 is 0 Å². The van der Waals surface area contributed by atoms with Gasteiger partial charge in [0.15, 0.2) is 0 Å². The highest BCUT2D eigenvalue weighted by molar-refractivity contribution is 5.64. The molecule has 0 spiro atoms. The van der Waals surface area contributed by atoms with E-state index in [1.807, 2.05) is 0 Å². The van der Waals surface area contributed by atoms with Gasteiger partial charge in [0.05, 0.1) is 5.82 Å². The first-order valence-electron chi connectivity index (χ1n) is 5.11. The van der Waals surface area contributed by atoms with Crippen LogP contribution in [-0.4, -0.2) is 6.18 Å². The lowest BCUT2D eigenvalue weighted by atomic mass is 10.1. The summed E-state index contributed by atoms with van der Waals surface area (Å²) in [6.45, 7) is 0.188. The SMILES string of the molecule is CC(F)(F)F.NC(N)=C/C=C(\N)c1ccccc1F. The van der Waals surface area contributed by atoms with Gasteiger partial charge in [0.1, 0.15) is 5.82 Å². The Morgan fingerprint density at radius 3 is 1.95 bits per heavy atom. The predicted octanol–water partition coefficient (Wildman–Crippen LogP) is 2.45. The molecule has 1 rings (SSSR count). The van der Waals surface area contributed by atoms with E-state index in [0.717, 1.165) is 0 Å². The quantitative estimate of drug-likeness (QED) is 0.574. The zero-order chi connectivity index (χ0) is 15.1. The maximum Gasteiger partial charge on any atom is 0.386 e. The third kappa shape index (κ3) is 9.51. The van der Waals surface area contributed by atoms with Crippen molar-refractivity contribution in [3.8, 4) is 0 Å². The van der Waals surface area contributed by atoms with Gasteiger partial charge in [-0.2, -0.15) is 13.2 Å². The molecule has 0 heterocycles. The standard InChI is InChI=1S/C10H12FN3.C2H3F3/c11-8-4-2-1-3-7(8)9(12)5-6-10(13)14;1-2(3,4)5/h1-6H,12-14H2;1H3/b9-5-;. The zero-order valence-electron chi connectivity index (χ0n) is 10.2. The van der Waals surface area contributed by atoms with Crippen molar-refractivity contribution in [1.82, 2.24) is 0 Å². The Hall–Kier alpha value is -2.18. The van der Waals surface area contributed by atoms with Crippen LogP contribution < -0.4 is 17.2 Å². The van der Waals surface area contributed by atoms with Crippen LogP contribution in [0.15, 0.2) is 42.2 Å². The van der Waals surface area contributed by atoms with Gasteiger partial charge in [-0.05, 0) is 24.3 Å². The maximum atomic E-state index is 13.2. The van der Waals surface area contributed by atoms with Gasteiger partial charge < -0.3 is 17.2 Å². The number of hydrogen-bond acceptors (Lipinski definition) is 3. The largest absolute Gasteiger partial charge is 0.398 e. The molecule has 0 radical (unpaired) electrons. The van der Waals surface area contributed by atoms with Gasteiger partial charge in [-0.15, -0.1) is 0 Å². The summed E-state index contributed by atoms with van der Waals surface area (Å²) >= 11 is 0. The van der Waals surface area contributed by atoms with Gasteiger partial charge >= 0.3 is 6.18 Å². The van der Waals surface area contributed by atoms with Crippen LogP contribution in [0.4, 0.5) is 17.6 Å². The minimum absolute atomic E-state index is 0.129. The van der Waals surface area contributed by atoms with Crippen molar-refractivity contribution in [1.29, 1.82) is 0 Å². The Balaban J connectivity index is 0.000000555. The molecular weight excluding hydrogens is 262 g/mol. The second kappa shape index (κ2) is 7.30. The molecule has 1 aromatic rings. The minimum Gasteiger partial charge on any atom is -0.398 e. The smallest absolute Gasteiger partial charge is 0.386 e. The van der Waals surface area contributed by atoms with Crippen molar-refractivity contribution >= 4 is 5.70 Å².